The van der Waals surface area contributed by atoms with Gasteiger partial charge in [-0.1, -0.05) is 12.1 Å². The first kappa shape index (κ1) is 15.8. The van der Waals surface area contributed by atoms with E-state index in [4.69, 9.17) is 4.74 Å². The number of halogens is 2. The van der Waals surface area contributed by atoms with E-state index in [9.17, 15) is 4.39 Å². The van der Waals surface area contributed by atoms with Crippen molar-refractivity contribution in [3.05, 3.63) is 48.0 Å². The summed E-state index contributed by atoms with van der Waals surface area (Å²) >= 11 is 0. The monoisotopic (exact) mass is 311 g/mol. The lowest BCUT2D eigenvalue weighted by molar-refractivity contribution is 0.162. The van der Waals surface area contributed by atoms with Crippen molar-refractivity contribution >= 4 is 12.4 Å². The lowest BCUT2D eigenvalue weighted by Gasteiger charge is -2.22. The Labute approximate surface area is 129 Å². The molecule has 0 radical (unpaired) electrons. The largest absolute Gasteiger partial charge is 0.487 e. The highest BCUT2D eigenvalue weighted by molar-refractivity contribution is 5.85. The normalized spacial score (nSPS) is 15.5. The molecule has 0 amide bonds. The van der Waals surface area contributed by atoms with E-state index in [0.717, 1.165) is 37.2 Å². The standard InChI is InChI=1S/C15H18FN3O.ClH/c16-13-3-1-2-12(8-13)10-19-11-15(9-18-19)20-14-4-6-17-7-5-14;/h1-3,8-9,11,14,17H,4-7,10H2;1H. The summed E-state index contributed by atoms with van der Waals surface area (Å²) in [5.41, 5.74) is 0.890. The number of hydrogen-bond acceptors (Lipinski definition) is 3. The van der Waals surface area contributed by atoms with Crippen LogP contribution in [-0.2, 0) is 6.54 Å². The molecule has 1 N–H and O–H groups in total. The van der Waals surface area contributed by atoms with E-state index in [1.807, 2.05) is 12.3 Å². The van der Waals surface area contributed by atoms with Crippen molar-refractivity contribution in [3.63, 3.8) is 0 Å². The minimum absolute atomic E-state index is 0. The number of nitrogens with one attached hydrogen (secondary N) is 1. The minimum Gasteiger partial charge on any atom is -0.487 e. The average Bonchev–Trinajstić information content (AvgIpc) is 2.87. The zero-order valence-corrected chi connectivity index (χ0v) is 12.5. The average molecular weight is 312 g/mol. The molecule has 0 unspecified atom stereocenters. The van der Waals surface area contributed by atoms with E-state index in [1.165, 1.54) is 12.1 Å². The van der Waals surface area contributed by atoms with Crippen LogP contribution in [0.2, 0.25) is 0 Å². The number of ether oxygens (including phenoxy) is 1. The smallest absolute Gasteiger partial charge is 0.157 e. The van der Waals surface area contributed by atoms with Crippen molar-refractivity contribution in [2.45, 2.75) is 25.5 Å². The van der Waals surface area contributed by atoms with Gasteiger partial charge in [0.1, 0.15) is 11.9 Å². The van der Waals surface area contributed by atoms with Crippen molar-refractivity contribution in [2.75, 3.05) is 13.1 Å². The number of hydrogen-bond donors (Lipinski definition) is 1. The van der Waals surface area contributed by atoms with Crippen molar-refractivity contribution in [1.82, 2.24) is 15.1 Å². The molecule has 1 aromatic carbocycles. The van der Waals surface area contributed by atoms with E-state index in [1.54, 1.807) is 16.9 Å². The summed E-state index contributed by atoms with van der Waals surface area (Å²) in [5.74, 6) is 0.564. The Morgan fingerprint density at radius 2 is 2.14 bits per heavy atom. The maximum absolute atomic E-state index is 13.1. The number of benzene rings is 1. The van der Waals surface area contributed by atoms with Gasteiger partial charge in [-0.25, -0.2) is 4.39 Å². The first-order chi connectivity index (χ1) is 9.79. The zero-order valence-electron chi connectivity index (χ0n) is 11.7. The quantitative estimate of drug-likeness (QED) is 0.943. The van der Waals surface area contributed by atoms with Gasteiger partial charge in [-0.2, -0.15) is 5.10 Å². The van der Waals surface area contributed by atoms with Gasteiger partial charge < -0.3 is 10.1 Å². The Bertz CT molecular complexity index is 570. The molecular formula is C15H19ClFN3O. The molecule has 1 aliphatic rings. The molecular weight excluding hydrogens is 293 g/mol. The van der Waals surface area contributed by atoms with Crippen LogP contribution in [0.5, 0.6) is 5.75 Å². The third-order valence-electron chi connectivity index (χ3n) is 3.43. The molecule has 4 nitrogen and oxygen atoms in total. The van der Waals surface area contributed by atoms with E-state index in [0.29, 0.717) is 6.54 Å². The summed E-state index contributed by atoms with van der Waals surface area (Å²) in [4.78, 5) is 0. The Morgan fingerprint density at radius 3 is 2.90 bits per heavy atom. The van der Waals surface area contributed by atoms with Crippen molar-refractivity contribution in [2.24, 2.45) is 0 Å². The molecule has 2 aromatic rings. The highest BCUT2D eigenvalue weighted by atomic mass is 35.5. The fourth-order valence-electron chi connectivity index (χ4n) is 2.42. The zero-order chi connectivity index (χ0) is 13.8. The Balaban J connectivity index is 0.00000161. The molecule has 114 valence electrons. The van der Waals surface area contributed by atoms with Gasteiger partial charge in [0.25, 0.3) is 0 Å². The molecule has 1 saturated heterocycles. The molecule has 1 aromatic heterocycles. The van der Waals surface area contributed by atoms with Crippen LogP contribution in [0.25, 0.3) is 0 Å². The highest BCUT2D eigenvalue weighted by Gasteiger charge is 2.15. The topological polar surface area (TPSA) is 39.1 Å². The SMILES string of the molecule is Cl.Fc1cccc(Cn2cc(OC3CCNCC3)cn2)c1. The van der Waals surface area contributed by atoms with Gasteiger partial charge in [0.05, 0.1) is 18.9 Å². The number of piperidine rings is 1. The summed E-state index contributed by atoms with van der Waals surface area (Å²) in [7, 11) is 0. The number of nitrogens with zero attached hydrogens (tertiary/aromatic N) is 2. The van der Waals surface area contributed by atoms with Crippen LogP contribution < -0.4 is 10.1 Å². The Hall–Kier alpha value is -1.59. The molecule has 21 heavy (non-hydrogen) atoms. The van der Waals surface area contributed by atoms with Crippen LogP contribution in [0, 0.1) is 5.82 Å². The van der Waals surface area contributed by atoms with Gasteiger partial charge in [-0.05, 0) is 43.6 Å². The summed E-state index contributed by atoms with van der Waals surface area (Å²) < 4.78 is 20.8. The molecule has 0 atom stereocenters. The summed E-state index contributed by atoms with van der Waals surface area (Å²) in [6.45, 7) is 2.55. The predicted molar refractivity (Wildman–Crippen MR) is 81.5 cm³/mol. The van der Waals surface area contributed by atoms with Crippen molar-refractivity contribution < 1.29 is 9.13 Å². The third-order valence-corrected chi connectivity index (χ3v) is 3.43. The molecule has 3 rings (SSSR count). The lowest BCUT2D eigenvalue weighted by atomic mass is 10.1. The van der Waals surface area contributed by atoms with Gasteiger partial charge in [-0.3, -0.25) is 4.68 Å². The van der Waals surface area contributed by atoms with E-state index in [-0.39, 0.29) is 24.3 Å². The second-order valence-electron chi connectivity index (χ2n) is 5.07. The highest BCUT2D eigenvalue weighted by Crippen LogP contribution is 2.16. The van der Waals surface area contributed by atoms with Crippen LogP contribution >= 0.6 is 12.4 Å². The second kappa shape index (κ2) is 7.43. The van der Waals surface area contributed by atoms with E-state index in [2.05, 4.69) is 10.4 Å². The molecule has 2 heterocycles. The fraction of sp³-hybridized carbons (Fsp3) is 0.400. The van der Waals surface area contributed by atoms with Gasteiger partial charge in [0.2, 0.25) is 0 Å². The molecule has 0 spiro atoms. The van der Waals surface area contributed by atoms with E-state index < -0.39 is 0 Å². The predicted octanol–water partition coefficient (Wildman–Crippen LogP) is 2.62. The van der Waals surface area contributed by atoms with Crippen LogP contribution in [0.1, 0.15) is 18.4 Å². The molecule has 6 heteroatoms. The van der Waals surface area contributed by atoms with Crippen LogP contribution in [-0.4, -0.2) is 29.0 Å². The van der Waals surface area contributed by atoms with Gasteiger partial charge >= 0.3 is 0 Å². The van der Waals surface area contributed by atoms with Gasteiger partial charge in [-0.15, -0.1) is 12.4 Å². The molecule has 1 fully saturated rings. The number of rotatable bonds is 4. The van der Waals surface area contributed by atoms with E-state index >= 15 is 0 Å². The first-order valence-electron chi connectivity index (χ1n) is 6.94. The molecule has 0 bridgehead atoms. The Kier molecular flexibility index (Phi) is 5.59. The maximum Gasteiger partial charge on any atom is 0.157 e. The van der Waals surface area contributed by atoms with Crippen LogP contribution in [0.4, 0.5) is 4.39 Å². The Morgan fingerprint density at radius 1 is 1.33 bits per heavy atom. The van der Waals surface area contributed by atoms with Gasteiger partial charge in [0.15, 0.2) is 5.75 Å². The number of aromatic nitrogens is 2. The summed E-state index contributed by atoms with van der Waals surface area (Å²) in [5, 5.41) is 7.57. The second-order valence-corrected chi connectivity index (χ2v) is 5.07. The molecule has 0 aliphatic carbocycles. The molecule has 0 saturated carbocycles. The molecule has 1 aliphatic heterocycles. The maximum atomic E-state index is 13.1. The fourth-order valence-corrected chi connectivity index (χ4v) is 2.42. The van der Waals surface area contributed by atoms with Crippen molar-refractivity contribution in [3.8, 4) is 5.75 Å². The first-order valence-corrected chi connectivity index (χ1v) is 6.94. The third kappa shape index (κ3) is 4.44. The van der Waals surface area contributed by atoms with Gasteiger partial charge in [0, 0.05) is 0 Å². The van der Waals surface area contributed by atoms with Crippen LogP contribution in [0.3, 0.4) is 0 Å². The summed E-state index contributed by atoms with van der Waals surface area (Å²) in [6.07, 6.45) is 5.90. The van der Waals surface area contributed by atoms with Crippen molar-refractivity contribution in [1.29, 1.82) is 0 Å². The summed E-state index contributed by atoms with van der Waals surface area (Å²) in [6, 6.07) is 6.56. The minimum atomic E-state index is -0.221. The van der Waals surface area contributed by atoms with Crippen LogP contribution in [0.15, 0.2) is 36.7 Å². The lowest BCUT2D eigenvalue weighted by Crippen LogP contribution is -2.34.